The zero-order valence-corrected chi connectivity index (χ0v) is 16.5. The predicted octanol–water partition coefficient (Wildman–Crippen LogP) is 0.964. The Morgan fingerprint density at radius 1 is 0.708 bits per heavy atom. The summed E-state index contributed by atoms with van der Waals surface area (Å²) in [5, 5.41) is 6.02. The lowest BCUT2D eigenvalue weighted by molar-refractivity contribution is -0.149. The minimum absolute atomic E-state index is 0.0664. The number of carbonyl (C=O) groups excluding carboxylic acids is 2. The highest BCUT2D eigenvalue weighted by molar-refractivity contribution is 5.87. The van der Waals surface area contributed by atoms with Gasteiger partial charge in [-0.05, 0) is 55.4 Å². The number of hydrogen-bond acceptors (Lipinski definition) is 4. The van der Waals surface area contributed by atoms with Crippen molar-refractivity contribution in [3.05, 3.63) is 0 Å². The van der Waals surface area contributed by atoms with Crippen molar-refractivity contribution in [3.8, 4) is 0 Å². The Morgan fingerprint density at radius 2 is 1.00 bits per heavy atom. The van der Waals surface area contributed by atoms with Gasteiger partial charge in [-0.1, -0.05) is 0 Å². The summed E-state index contributed by atoms with van der Waals surface area (Å²) < 4.78 is 0. The second-order valence-electron chi connectivity index (χ2n) is 9.41. The molecule has 6 nitrogen and oxygen atoms in total. The molecule has 0 atom stereocenters. The first-order valence-corrected chi connectivity index (χ1v) is 8.85. The Balaban J connectivity index is 2.23. The summed E-state index contributed by atoms with van der Waals surface area (Å²) in [5.41, 5.74) is -1.37. The zero-order chi connectivity index (χ0) is 18.6. The fourth-order valence-electron chi connectivity index (χ4n) is 4.34. The van der Waals surface area contributed by atoms with Gasteiger partial charge in [0, 0.05) is 37.3 Å². The van der Waals surface area contributed by atoms with E-state index < -0.39 is 11.1 Å². The molecule has 0 spiro atoms. The van der Waals surface area contributed by atoms with Crippen molar-refractivity contribution in [2.45, 2.75) is 77.5 Å². The summed E-state index contributed by atoms with van der Waals surface area (Å²) in [6, 6.07) is 0. The summed E-state index contributed by atoms with van der Waals surface area (Å²) >= 11 is 0. The van der Waals surface area contributed by atoms with Crippen LogP contribution in [0.15, 0.2) is 0 Å². The molecule has 2 saturated heterocycles. The van der Waals surface area contributed by atoms with Gasteiger partial charge in [-0.2, -0.15) is 0 Å². The van der Waals surface area contributed by atoms with Crippen LogP contribution in [-0.4, -0.2) is 69.9 Å². The van der Waals surface area contributed by atoms with Gasteiger partial charge in [0.2, 0.25) is 11.8 Å². The van der Waals surface area contributed by atoms with Crippen molar-refractivity contribution in [1.29, 1.82) is 0 Å². The minimum Gasteiger partial charge on any atom is -0.353 e. The molecule has 2 fully saturated rings. The number of piperazine rings is 2. The monoisotopic (exact) mass is 338 g/mol. The van der Waals surface area contributed by atoms with Gasteiger partial charge in [0.15, 0.2) is 0 Å². The molecule has 2 aliphatic heterocycles. The van der Waals surface area contributed by atoms with Crippen LogP contribution in [0, 0.1) is 0 Å². The number of hydrogen-bond donors (Lipinski definition) is 2. The van der Waals surface area contributed by atoms with Gasteiger partial charge in [-0.15, -0.1) is 0 Å². The fraction of sp³-hybridized carbons (Fsp3) is 0.889. The van der Waals surface area contributed by atoms with Gasteiger partial charge >= 0.3 is 0 Å². The lowest BCUT2D eigenvalue weighted by Gasteiger charge is -2.55. The highest BCUT2D eigenvalue weighted by atomic mass is 16.2. The molecule has 6 heteroatoms. The summed E-state index contributed by atoms with van der Waals surface area (Å²) in [6.45, 7) is 19.3. The van der Waals surface area contributed by atoms with Crippen LogP contribution in [0.3, 0.4) is 0 Å². The lowest BCUT2D eigenvalue weighted by atomic mass is 9.86. The van der Waals surface area contributed by atoms with Crippen LogP contribution in [-0.2, 0) is 9.59 Å². The molecular weight excluding hydrogens is 304 g/mol. The third-order valence-corrected chi connectivity index (χ3v) is 5.83. The normalized spacial score (nSPS) is 29.0. The molecular formula is C18H34N4O2. The third kappa shape index (κ3) is 3.06. The van der Waals surface area contributed by atoms with Crippen LogP contribution in [0.4, 0.5) is 0 Å². The Kier molecular flexibility index (Phi) is 4.56. The van der Waals surface area contributed by atoms with Gasteiger partial charge in [-0.3, -0.25) is 19.4 Å². The van der Waals surface area contributed by atoms with Crippen molar-refractivity contribution in [3.63, 3.8) is 0 Å². The summed E-state index contributed by atoms with van der Waals surface area (Å²) in [4.78, 5) is 29.2. The number of amides is 2. The van der Waals surface area contributed by atoms with E-state index in [1.54, 1.807) is 0 Å². The van der Waals surface area contributed by atoms with E-state index in [0.29, 0.717) is 13.1 Å². The predicted molar refractivity (Wildman–Crippen MR) is 95.7 cm³/mol. The highest BCUT2D eigenvalue weighted by Crippen LogP contribution is 2.32. The number of carbonyl (C=O) groups is 2. The first kappa shape index (κ1) is 19.2. The average molecular weight is 338 g/mol. The first-order valence-electron chi connectivity index (χ1n) is 8.85. The molecule has 2 aliphatic rings. The van der Waals surface area contributed by atoms with E-state index >= 15 is 0 Å². The van der Waals surface area contributed by atoms with Crippen LogP contribution in [0.5, 0.6) is 0 Å². The maximum atomic E-state index is 12.3. The largest absolute Gasteiger partial charge is 0.353 e. The quantitative estimate of drug-likeness (QED) is 0.805. The van der Waals surface area contributed by atoms with Crippen molar-refractivity contribution in [2.75, 3.05) is 26.2 Å². The molecule has 0 radical (unpaired) electrons. The van der Waals surface area contributed by atoms with Crippen molar-refractivity contribution in [2.24, 2.45) is 0 Å². The van der Waals surface area contributed by atoms with Crippen LogP contribution in [0.25, 0.3) is 0 Å². The molecule has 0 aliphatic carbocycles. The van der Waals surface area contributed by atoms with E-state index in [-0.39, 0.29) is 22.9 Å². The smallest absolute Gasteiger partial charge is 0.240 e. The lowest BCUT2D eigenvalue weighted by Crippen LogP contribution is -2.74. The number of rotatable bonds is 3. The standard InChI is InChI=1S/C18H34N4O2/c1-15(2)11-19-13(23)17(5,6)21(15)9-10-22-16(3,4)12-20-14(24)18(22,7)8/h9-12H2,1-8H3,(H,19,23)(H,20,24). The average Bonchev–Trinajstić information content (AvgIpc) is 2.43. The van der Waals surface area contributed by atoms with Gasteiger partial charge < -0.3 is 10.6 Å². The van der Waals surface area contributed by atoms with E-state index in [4.69, 9.17) is 0 Å². The second-order valence-corrected chi connectivity index (χ2v) is 9.41. The Bertz CT molecular complexity index is 489. The molecule has 0 saturated carbocycles. The van der Waals surface area contributed by atoms with Gasteiger partial charge in [0.05, 0.1) is 11.1 Å². The molecule has 0 aromatic rings. The summed E-state index contributed by atoms with van der Waals surface area (Å²) in [7, 11) is 0. The Morgan fingerprint density at radius 3 is 1.29 bits per heavy atom. The van der Waals surface area contributed by atoms with E-state index in [9.17, 15) is 9.59 Å². The van der Waals surface area contributed by atoms with Crippen molar-refractivity contribution in [1.82, 2.24) is 20.4 Å². The molecule has 0 aromatic carbocycles. The third-order valence-electron chi connectivity index (χ3n) is 5.83. The molecule has 138 valence electrons. The summed E-state index contributed by atoms with van der Waals surface area (Å²) in [6.07, 6.45) is 0. The molecule has 2 rings (SSSR count). The van der Waals surface area contributed by atoms with Crippen molar-refractivity contribution < 1.29 is 9.59 Å². The summed E-state index contributed by atoms with van der Waals surface area (Å²) in [5.74, 6) is 0.133. The molecule has 2 amide bonds. The Hall–Kier alpha value is -1.14. The second kappa shape index (κ2) is 5.70. The molecule has 0 aromatic heterocycles. The Labute approximate surface area is 146 Å². The molecule has 2 N–H and O–H groups in total. The SMILES string of the molecule is CC1(C)CNC(=O)C(C)(C)N1CCN1C(C)(C)CNC(=O)C1(C)C. The van der Waals surface area contributed by atoms with E-state index in [1.807, 2.05) is 27.7 Å². The molecule has 0 unspecified atom stereocenters. The maximum Gasteiger partial charge on any atom is 0.240 e. The maximum absolute atomic E-state index is 12.3. The van der Waals surface area contributed by atoms with Gasteiger partial charge in [0.25, 0.3) is 0 Å². The van der Waals surface area contributed by atoms with Crippen LogP contribution in [0.2, 0.25) is 0 Å². The van der Waals surface area contributed by atoms with Gasteiger partial charge in [0.1, 0.15) is 0 Å². The molecule has 24 heavy (non-hydrogen) atoms. The fourth-order valence-corrected chi connectivity index (χ4v) is 4.34. The van der Waals surface area contributed by atoms with Crippen molar-refractivity contribution >= 4 is 11.8 Å². The number of nitrogens with zero attached hydrogens (tertiary/aromatic N) is 2. The van der Waals surface area contributed by atoms with Crippen LogP contribution < -0.4 is 10.6 Å². The minimum atomic E-state index is -0.561. The van der Waals surface area contributed by atoms with Crippen LogP contribution in [0.1, 0.15) is 55.4 Å². The van der Waals surface area contributed by atoms with Gasteiger partial charge in [-0.25, -0.2) is 0 Å². The molecule has 2 heterocycles. The number of nitrogens with one attached hydrogen (secondary N) is 2. The molecule has 0 bridgehead atoms. The zero-order valence-electron chi connectivity index (χ0n) is 16.5. The van der Waals surface area contributed by atoms with E-state index in [0.717, 1.165) is 13.1 Å². The van der Waals surface area contributed by atoms with Crippen LogP contribution >= 0.6 is 0 Å². The first-order chi connectivity index (χ1) is 10.7. The highest BCUT2D eigenvalue weighted by Gasteiger charge is 2.50. The van der Waals surface area contributed by atoms with E-state index in [2.05, 4.69) is 48.1 Å². The van der Waals surface area contributed by atoms with E-state index in [1.165, 1.54) is 0 Å². The topological polar surface area (TPSA) is 64.7 Å².